The van der Waals surface area contributed by atoms with Crippen LogP contribution in [0.4, 0.5) is 16.5 Å². The third-order valence-electron chi connectivity index (χ3n) is 6.39. The van der Waals surface area contributed by atoms with Crippen LogP contribution in [0.15, 0.2) is 99.9 Å². The van der Waals surface area contributed by atoms with Crippen LogP contribution in [0.25, 0.3) is 11.3 Å². The van der Waals surface area contributed by atoms with Crippen molar-refractivity contribution in [3.63, 3.8) is 0 Å². The highest BCUT2D eigenvalue weighted by Gasteiger charge is 2.10. The van der Waals surface area contributed by atoms with Crippen LogP contribution in [-0.4, -0.2) is 29.6 Å². The Hall–Kier alpha value is -4.51. The molecular weight excluding hydrogens is 662 g/mol. The summed E-state index contributed by atoms with van der Waals surface area (Å²) < 4.78 is 6.33. The van der Waals surface area contributed by atoms with Gasteiger partial charge in [0.25, 0.3) is 11.8 Å². The molecule has 5 rings (SSSR count). The van der Waals surface area contributed by atoms with Gasteiger partial charge in [-0.05, 0) is 102 Å². The second kappa shape index (κ2) is 14.3. The summed E-state index contributed by atoms with van der Waals surface area (Å²) in [6.45, 7) is 3.81. The fraction of sp³-hybridized carbons (Fsp3) is 0.0909. The Balaban J connectivity index is 1.11. The van der Waals surface area contributed by atoms with Gasteiger partial charge in [-0.2, -0.15) is 5.10 Å². The minimum absolute atomic E-state index is 0.141. The third-order valence-corrected chi connectivity index (χ3v) is 8.02. The van der Waals surface area contributed by atoms with Gasteiger partial charge in [0.15, 0.2) is 11.7 Å². The van der Waals surface area contributed by atoms with Crippen molar-refractivity contribution in [1.82, 2.24) is 10.4 Å². The molecule has 0 saturated heterocycles. The van der Waals surface area contributed by atoms with Crippen molar-refractivity contribution < 1.29 is 14.3 Å². The van der Waals surface area contributed by atoms with E-state index in [-0.39, 0.29) is 18.4 Å². The van der Waals surface area contributed by atoms with Crippen LogP contribution >= 0.6 is 38.9 Å². The van der Waals surface area contributed by atoms with Crippen molar-refractivity contribution in [3.8, 4) is 17.0 Å². The number of hydrogen-bond acceptors (Lipinski definition) is 7. The number of benzene rings is 4. The van der Waals surface area contributed by atoms with Crippen LogP contribution in [-0.2, 0) is 4.79 Å². The molecular formula is C33H27BrClN5O3S. The number of nitrogens with zero attached hydrogens (tertiary/aromatic N) is 2. The summed E-state index contributed by atoms with van der Waals surface area (Å²) in [6, 6.07) is 25.7. The molecule has 1 heterocycles. The summed E-state index contributed by atoms with van der Waals surface area (Å²) in [5, 5.41) is 13.6. The summed E-state index contributed by atoms with van der Waals surface area (Å²) in [6.07, 6.45) is 1.53. The Morgan fingerprint density at radius 1 is 1.00 bits per heavy atom. The van der Waals surface area contributed by atoms with Crippen molar-refractivity contribution >= 4 is 73.4 Å². The smallest absolute Gasteiger partial charge is 0.271 e. The van der Waals surface area contributed by atoms with Gasteiger partial charge < -0.3 is 15.4 Å². The molecule has 4 aromatic carbocycles. The first-order chi connectivity index (χ1) is 21.2. The van der Waals surface area contributed by atoms with Gasteiger partial charge >= 0.3 is 0 Å². The van der Waals surface area contributed by atoms with Gasteiger partial charge in [0.2, 0.25) is 0 Å². The molecule has 0 aliphatic carbocycles. The van der Waals surface area contributed by atoms with Gasteiger partial charge in [-0.25, -0.2) is 10.4 Å². The van der Waals surface area contributed by atoms with E-state index < -0.39 is 0 Å². The van der Waals surface area contributed by atoms with Crippen molar-refractivity contribution in [1.29, 1.82) is 0 Å². The van der Waals surface area contributed by atoms with Gasteiger partial charge in [0, 0.05) is 32.9 Å². The van der Waals surface area contributed by atoms with Crippen molar-refractivity contribution in [2.75, 3.05) is 17.2 Å². The molecule has 0 saturated carbocycles. The van der Waals surface area contributed by atoms with Gasteiger partial charge in [-0.3, -0.25) is 9.59 Å². The number of aromatic nitrogens is 1. The zero-order valence-corrected chi connectivity index (χ0v) is 26.9. The average molecular weight is 689 g/mol. The Kier molecular flexibility index (Phi) is 10.1. The molecule has 0 aliphatic heterocycles. The molecule has 0 atom stereocenters. The number of carbonyl (C=O) groups excluding carboxylic acids is 2. The van der Waals surface area contributed by atoms with E-state index in [1.807, 2.05) is 73.8 Å². The van der Waals surface area contributed by atoms with Crippen LogP contribution < -0.4 is 20.8 Å². The van der Waals surface area contributed by atoms with Crippen LogP contribution in [0.3, 0.4) is 0 Å². The fourth-order valence-corrected chi connectivity index (χ4v) is 5.52. The molecule has 0 radical (unpaired) electrons. The fourth-order valence-electron chi connectivity index (χ4n) is 4.14. The Morgan fingerprint density at radius 2 is 1.77 bits per heavy atom. The van der Waals surface area contributed by atoms with E-state index in [1.54, 1.807) is 30.3 Å². The molecule has 11 heteroatoms. The van der Waals surface area contributed by atoms with E-state index in [4.69, 9.17) is 16.3 Å². The number of thiazole rings is 1. The van der Waals surface area contributed by atoms with E-state index >= 15 is 0 Å². The number of carbonyl (C=O) groups is 2. The van der Waals surface area contributed by atoms with Crippen LogP contribution in [0, 0.1) is 13.8 Å². The predicted molar refractivity (Wildman–Crippen MR) is 182 cm³/mol. The number of ether oxygens (including phenoxy) is 1. The van der Waals surface area contributed by atoms with E-state index in [1.165, 1.54) is 17.6 Å². The SMILES string of the molecule is Cc1ccc(NC(=O)COc2ccc(/C=N\NC(=O)c3ccc(-c4csc(Nc5ccc(Cl)cc5)n4)cc3)cc2Br)c(C)c1. The molecule has 5 aromatic rings. The Morgan fingerprint density at radius 3 is 2.50 bits per heavy atom. The maximum Gasteiger partial charge on any atom is 0.271 e. The lowest BCUT2D eigenvalue weighted by Crippen LogP contribution is -2.20. The van der Waals surface area contributed by atoms with Crippen molar-refractivity contribution in [2.24, 2.45) is 5.10 Å². The number of hydrogen-bond donors (Lipinski definition) is 3. The molecule has 44 heavy (non-hydrogen) atoms. The molecule has 0 unspecified atom stereocenters. The largest absolute Gasteiger partial charge is 0.483 e. The molecule has 2 amide bonds. The van der Waals surface area contributed by atoms with Crippen LogP contribution in [0.1, 0.15) is 27.0 Å². The number of anilines is 3. The minimum atomic E-state index is -0.343. The van der Waals surface area contributed by atoms with Gasteiger partial charge in [-0.1, -0.05) is 41.4 Å². The molecule has 1 aromatic heterocycles. The zero-order valence-electron chi connectivity index (χ0n) is 23.7. The molecule has 0 fully saturated rings. The minimum Gasteiger partial charge on any atom is -0.483 e. The van der Waals surface area contributed by atoms with Crippen molar-refractivity contribution in [2.45, 2.75) is 13.8 Å². The summed E-state index contributed by atoms with van der Waals surface area (Å²) in [4.78, 5) is 29.6. The zero-order chi connectivity index (χ0) is 31.1. The van der Waals surface area contributed by atoms with Crippen LogP contribution in [0.2, 0.25) is 5.02 Å². The van der Waals surface area contributed by atoms with Gasteiger partial charge in [-0.15, -0.1) is 11.3 Å². The number of halogens is 2. The molecule has 3 N–H and O–H groups in total. The first-order valence-corrected chi connectivity index (χ1v) is 15.5. The van der Waals surface area contributed by atoms with E-state index in [2.05, 4.69) is 42.1 Å². The van der Waals surface area contributed by atoms with Gasteiger partial charge in [0.1, 0.15) is 5.75 Å². The van der Waals surface area contributed by atoms with E-state index in [0.29, 0.717) is 20.8 Å². The Bertz CT molecular complexity index is 1820. The number of aryl methyl sites for hydroxylation is 2. The quantitative estimate of drug-likeness (QED) is 0.101. The van der Waals surface area contributed by atoms with E-state index in [9.17, 15) is 9.59 Å². The Labute approximate surface area is 272 Å². The maximum atomic E-state index is 12.6. The number of rotatable bonds is 10. The maximum absolute atomic E-state index is 12.6. The van der Waals surface area contributed by atoms with Crippen LogP contribution in [0.5, 0.6) is 5.75 Å². The highest BCUT2D eigenvalue weighted by molar-refractivity contribution is 9.10. The summed E-state index contributed by atoms with van der Waals surface area (Å²) in [5.74, 6) is -0.0900. The molecule has 8 nitrogen and oxygen atoms in total. The topological polar surface area (TPSA) is 105 Å². The number of hydrazone groups is 1. The highest BCUT2D eigenvalue weighted by Crippen LogP contribution is 2.28. The normalized spacial score (nSPS) is 10.9. The summed E-state index contributed by atoms with van der Waals surface area (Å²) >= 11 is 10.9. The second-order valence-electron chi connectivity index (χ2n) is 9.79. The average Bonchev–Trinajstić information content (AvgIpc) is 3.48. The number of nitrogens with one attached hydrogen (secondary N) is 3. The predicted octanol–water partition coefficient (Wildman–Crippen LogP) is 8.37. The first-order valence-electron chi connectivity index (χ1n) is 13.4. The van der Waals surface area contributed by atoms with Gasteiger partial charge in [0.05, 0.1) is 16.4 Å². The lowest BCUT2D eigenvalue weighted by atomic mass is 10.1. The summed E-state index contributed by atoms with van der Waals surface area (Å²) in [7, 11) is 0. The van der Waals surface area contributed by atoms with E-state index in [0.717, 1.165) is 44.5 Å². The first kappa shape index (κ1) is 30.9. The second-order valence-corrected chi connectivity index (χ2v) is 11.9. The standard InChI is InChI=1S/C33H27BrClN5O3S/c1-20-3-13-28(21(2)15-20)38-31(41)18-43-30-14-4-22(16-27(30)34)17-36-40-32(42)24-7-5-23(6-8-24)29-19-44-33(39-29)37-26-11-9-25(35)10-12-26/h3-17,19H,18H2,1-2H3,(H,37,39)(H,38,41)(H,40,42)/b36-17-. The molecule has 222 valence electrons. The number of amides is 2. The molecule has 0 aliphatic rings. The molecule has 0 spiro atoms. The highest BCUT2D eigenvalue weighted by atomic mass is 79.9. The third kappa shape index (κ3) is 8.31. The summed E-state index contributed by atoms with van der Waals surface area (Å²) in [5.41, 5.74) is 9.19. The monoisotopic (exact) mass is 687 g/mol. The van der Waals surface area contributed by atoms with Crippen molar-refractivity contribution in [3.05, 3.63) is 122 Å². The lowest BCUT2D eigenvalue weighted by molar-refractivity contribution is -0.118. The molecule has 0 bridgehead atoms. The lowest BCUT2D eigenvalue weighted by Gasteiger charge is -2.11.